The van der Waals surface area contributed by atoms with Gasteiger partial charge in [0.05, 0.1) is 0 Å². The molecule has 2 rings (SSSR count). The SMILES string of the molecule is CCCCCCC(C)Nc1ccc(N)c2ccncc12. The molecule has 108 valence electrons. The quantitative estimate of drug-likeness (QED) is 0.572. The molecule has 0 bridgehead atoms. The van der Waals surface area contributed by atoms with Crippen LogP contribution in [0.1, 0.15) is 46.0 Å². The number of aromatic nitrogens is 1. The van der Waals surface area contributed by atoms with E-state index in [9.17, 15) is 0 Å². The van der Waals surface area contributed by atoms with Crippen molar-refractivity contribution in [3.8, 4) is 0 Å². The van der Waals surface area contributed by atoms with Crippen LogP contribution >= 0.6 is 0 Å². The minimum atomic E-state index is 0.471. The fourth-order valence-electron chi connectivity index (χ4n) is 2.55. The average molecular weight is 271 g/mol. The summed E-state index contributed by atoms with van der Waals surface area (Å²) in [6.45, 7) is 4.49. The third-order valence-electron chi connectivity index (χ3n) is 3.74. The average Bonchev–Trinajstić information content (AvgIpc) is 2.47. The van der Waals surface area contributed by atoms with Gasteiger partial charge in [-0.3, -0.25) is 4.98 Å². The molecule has 0 saturated heterocycles. The Morgan fingerprint density at radius 3 is 2.80 bits per heavy atom. The van der Waals surface area contributed by atoms with Gasteiger partial charge in [0.15, 0.2) is 0 Å². The minimum absolute atomic E-state index is 0.471. The Labute approximate surface area is 121 Å². The number of fused-ring (bicyclic) bond motifs is 1. The number of anilines is 2. The molecule has 0 aliphatic heterocycles. The molecule has 0 spiro atoms. The van der Waals surface area contributed by atoms with Crippen LogP contribution in [0.3, 0.4) is 0 Å². The molecule has 0 radical (unpaired) electrons. The molecule has 1 aromatic carbocycles. The number of unbranched alkanes of at least 4 members (excludes halogenated alkanes) is 3. The number of nitrogens with one attached hydrogen (secondary N) is 1. The van der Waals surface area contributed by atoms with Crippen molar-refractivity contribution in [3.63, 3.8) is 0 Å². The number of pyridine rings is 1. The molecule has 1 aromatic heterocycles. The molecule has 1 unspecified atom stereocenters. The molecule has 0 amide bonds. The number of hydrogen-bond donors (Lipinski definition) is 2. The van der Waals surface area contributed by atoms with E-state index in [0.29, 0.717) is 6.04 Å². The van der Waals surface area contributed by atoms with Crippen molar-refractivity contribution >= 4 is 22.1 Å². The van der Waals surface area contributed by atoms with Gasteiger partial charge in [-0.1, -0.05) is 32.6 Å². The lowest BCUT2D eigenvalue weighted by molar-refractivity contribution is 0.594. The molecule has 3 nitrogen and oxygen atoms in total. The highest BCUT2D eigenvalue weighted by Crippen LogP contribution is 2.28. The lowest BCUT2D eigenvalue weighted by atomic mass is 10.1. The minimum Gasteiger partial charge on any atom is -0.398 e. The summed E-state index contributed by atoms with van der Waals surface area (Å²) in [6, 6.07) is 6.47. The molecule has 3 heteroatoms. The molecule has 0 fully saturated rings. The molecular formula is C17H25N3. The van der Waals surface area contributed by atoms with Crippen molar-refractivity contribution in [2.45, 2.75) is 52.0 Å². The zero-order valence-electron chi connectivity index (χ0n) is 12.5. The number of nitrogens with two attached hydrogens (primary N) is 1. The summed E-state index contributed by atoms with van der Waals surface area (Å²) in [4.78, 5) is 4.21. The second-order valence-electron chi connectivity index (χ2n) is 5.52. The maximum Gasteiger partial charge on any atom is 0.0439 e. The Balaban J connectivity index is 2.04. The Kier molecular flexibility index (Phi) is 5.22. The van der Waals surface area contributed by atoms with Gasteiger partial charge in [0.1, 0.15) is 0 Å². The Morgan fingerprint density at radius 1 is 1.15 bits per heavy atom. The standard InChI is InChI=1S/C17H25N3/c1-3-4-5-6-7-13(2)20-17-9-8-16(18)14-10-11-19-12-15(14)17/h8-13,20H,3-7,18H2,1-2H3. The molecule has 0 aliphatic rings. The first-order valence-corrected chi connectivity index (χ1v) is 7.61. The van der Waals surface area contributed by atoms with Crippen molar-refractivity contribution in [2.24, 2.45) is 0 Å². The van der Waals surface area contributed by atoms with Crippen LogP contribution in [-0.4, -0.2) is 11.0 Å². The predicted molar refractivity (Wildman–Crippen MR) is 88.0 cm³/mol. The first-order valence-electron chi connectivity index (χ1n) is 7.61. The van der Waals surface area contributed by atoms with Gasteiger partial charge in [-0.05, 0) is 31.5 Å². The van der Waals surface area contributed by atoms with E-state index in [2.05, 4.69) is 30.2 Å². The van der Waals surface area contributed by atoms with E-state index in [4.69, 9.17) is 5.73 Å². The number of hydrogen-bond acceptors (Lipinski definition) is 3. The lowest BCUT2D eigenvalue weighted by Gasteiger charge is -2.17. The van der Waals surface area contributed by atoms with E-state index in [0.717, 1.165) is 22.1 Å². The summed E-state index contributed by atoms with van der Waals surface area (Å²) < 4.78 is 0. The fourth-order valence-corrected chi connectivity index (χ4v) is 2.55. The molecule has 3 N–H and O–H groups in total. The molecular weight excluding hydrogens is 246 g/mol. The highest BCUT2D eigenvalue weighted by molar-refractivity contribution is 6.00. The van der Waals surface area contributed by atoms with Crippen LogP contribution in [-0.2, 0) is 0 Å². The predicted octanol–water partition coefficient (Wildman–Crippen LogP) is 4.59. The maximum absolute atomic E-state index is 6.01. The van der Waals surface area contributed by atoms with Gasteiger partial charge in [0.25, 0.3) is 0 Å². The van der Waals surface area contributed by atoms with Crippen molar-refractivity contribution in [1.29, 1.82) is 0 Å². The molecule has 1 heterocycles. The molecule has 20 heavy (non-hydrogen) atoms. The van der Waals surface area contributed by atoms with Crippen LogP contribution in [0.4, 0.5) is 11.4 Å². The number of nitrogen functional groups attached to an aromatic ring is 1. The third kappa shape index (κ3) is 3.62. The second kappa shape index (κ2) is 7.13. The van der Waals surface area contributed by atoms with Crippen LogP contribution in [0.25, 0.3) is 10.8 Å². The first kappa shape index (κ1) is 14.6. The van der Waals surface area contributed by atoms with E-state index < -0.39 is 0 Å². The van der Waals surface area contributed by atoms with E-state index >= 15 is 0 Å². The van der Waals surface area contributed by atoms with Crippen molar-refractivity contribution in [3.05, 3.63) is 30.6 Å². The zero-order chi connectivity index (χ0) is 14.4. The fraction of sp³-hybridized carbons (Fsp3) is 0.471. The Bertz CT molecular complexity index is 551. The number of nitrogens with zero attached hydrogens (tertiary/aromatic N) is 1. The van der Waals surface area contributed by atoms with E-state index in [1.54, 1.807) is 6.20 Å². The topological polar surface area (TPSA) is 50.9 Å². The summed E-state index contributed by atoms with van der Waals surface area (Å²) >= 11 is 0. The van der Waals surface area contributed by atoms with Gasteiger partial charge in [-0.2, -0.15) is 0 Å². The van der Waals surface area contributed by atoms with Crippen LogP contribution in [0, 0.1) is 0 Å². The Hall–Kier alpha value is -1.77. The van der Waals surface area contributed by atoms with Crippen molar-refractivity contribution in [1.82, 2.24) is 4.98 Å². The molecule has 0 saturated carbocycles. The number of rotatable bonds is 7. The maximum atomic E-state index is 6.01. The molecule has 2 aromatic rings. The van der Waals surface area contributed by atoms with Crippen LogP contribution in [0.15, 0.2) is 30.6 Å². The van der Waals surface area contributed by atoms with Crippen LogP contribution in [0.2, 0.25) is 0 Å². The molecule has 1 atom stereocenters. The van der Waals surface area contributed by atoms with Crippen molar-refractivity contribution in [2.75, 3.05) is 11.1 Å². The van der Waals surface area contributed by atoms with Gasteiger partial charge in [0.2, 0.25) is 0 Å². The summed E-state index contributed by atoms with van der Waals surface area (Å²) in [5.74, 6) is 0. The zero-order valence-corrected chi connectivity index (χ0v) is 12.5. The van der Waals surface area contributed by atoms with Gasteiger partial charge >= 0.3 is 0 Å². The van der Waals surface area contributed by atoms with Gasteiger partial charge < -0.3 is 11.1 Å². The smallest absolute Gasteiger partial charge is 0.0439 e. The summed E-state index contributed by atoms with van der Waals surface area (Å²) in [5, 5.41) is 5.77. The van der Waals surface area contributed by atoms with E-state index in [1.807, 2.05) is 18.3 Å². The highest BCUT2D eigenvalue weighted by Gasteiger charge is 2.07. The monoisotopic (exact) mass is 271 g/mol. The second-order valence-corrected chi connectivity index (χ2v) is 5.52. The van der Waals surface area contributed by atoms with Gasteiger partial charge in [0, 0.05) is 40.6 Å². The summed E-state index contributed by atoms with van der Waals surface area (Å²) in [5.41, 5.74) is 7.95. The van der Waals surface area contributed by atoms with Gasteiger partial charge in [-0.25, -0.2) is 0 Å². The molecule has 0 aliphatic carbocycles. The van der Waals surface area contributed by atoms with Gasteiger partial charge in [-0.15, -0.1) is 0 Å². The van der Waals surface area contributed by atoms with Crippen molar-refractivity contribution < 1.29 is 0 Å². The lowest BCUT2D eigenvalue weighted by Crippen LogP contribution is -2.15. The number of benzene rings is 1. The normalized spacial score (nSPS) is 12.5. The third-order valence-corrected chi connectivity index (χ3v) is 3.74. The van der Waals surface area contributed by atoms with E-state index in [1.165, 1.54) is 32.1 Å². The highest BCUT2D eigenvalue weighted by atomic mass is 14.9. The van der Waals surface area contributed by atoms with Crippen LogP contribution in [0.5, 0.6) is 0 Å². The summed E-state index contributed by atoms with van der Waals surface area (Å²) in [6.07, 6.45) is 10.1. The largest absolute Gasteiger partial charge is 0.398 e. The van der Waals surface area contributed by atoms with E-state index in [-0.39, 0.29) is 0 Å². The Morgan fingerprint density at radius 2 is 2.00 bits per heavy atom. The first-order chi connectivity index (χ1) is 9.72. The summed E-state index contributed by atoms with van der Waals surface area (Å²) in [7, 11) is 0. The van der Waals surface area contributed by atoms with Crippen LogP contribution < -0.4 is 11.1 Å².